The van der Waals surface area contributed by atoms with Crippen molar-refractivity contribution < 1.29 is 14.7 Å². The average Bonchev–Trinajstić information content (AvgIpc) is 3.04. The first kappa shape index (κ1) is 15.8. The second kappa shape index (κ2) is 6.58. The first-order valence-corrected chi connectivity index (χ1v) is 7.70. The third-order valence-corrected chi connectivity index (χ3v) is 4.17. The number of rotatable bonds is 4. The fourth-order valence-electron chi connectivity index (χ4n) is 3.03. The van der Waals surface area contributed by atoms with Crippen molar-refractivity contribution in [1.82, 2.24) is 14.9 Å². The molecule has 1 saturated heterocycles. The number of carbonyl (C=O) groups is 2. The first-order valence-electron chi connectivity index (χ1n) is 7.70. The highest BCUT2D eigenvalue weighted by Crippen LogP contribution is 2.27. The number of nitrogens with one attached hydrogen (secondary N) is 2. The van der Waals surface area contributed by atoms with Gasteiger partial charge in [-0.3, -0.25) is 4.79 Å². The summed E-state index contributed by atoms with van der Waals surface area (Å²) < 4.78 is 0. The van der Waals surface area contributed by atoms with Crippen LogP contribution in [0.5, 0.6) is 0 Å². The quantitative estimate of drug-likeness (QED) is 0.783. The van der Waals surface area contributed by atoms with Gasteiger partial charge in [-0.25, -0.2) is 9.78 Å². The number of nitrogens with zero attached hydrogens (tertiary/aromatic N) is 3. The molecule has 3 rings (SSSR count). The van der Waals surface area contributed by atoms with Gasteiger partial charge in [0.25, 0.3) is 0 Å². The molecule has 3 heterocycles. The lowest BCUT2D eigenvalue weighted by Crippen LogP contribution is -2.45. The van der Waals surface area contributed by atoms with E-state index in [1.807, 2.05) is 6.07 Å². The number of nitriles is 1. The Morgan fingerprint density at radius 2 is 2.38 bits per heavy atom. The molecule has 0 saturated carbocycles. The molecular weight excluding hydrogens is 310 g/mol. The summed E-state index contributed by atoms with van der Waals surface area (Å²) >= 11 is 0. The normalized spacial score (nSPS) is 17.5. The van der Waals surface area contributed by atoms with Crippen molar-refractivity contribution in [1.29, 1.82) is 5.26 Å². The molecule has 0 bridgehead atoms. The second-order valence-corrected chi connectivity index (χ2v) is 5.75. The smallest absolute Gasteiger partial charge is 0.339 e. The molecule has 1 atom stereocenters. The fourth-order valence-corrected chi connectivity index (χ4v) is 3.03. The lowest BCUT2D eigenvalue weighted by Gasteiger charge is -2.33. The van der Waals surface area contributed by atoms with Crippen LogP contribution < -0.4 is 5.32 Å². The standard InChI is InChI=1S/C16H17N5O3/c17-5-3-13(22)21-7-1-2-10(9-21)20-14-11-4-6-18-15(11)19-8-12(14)16(23)24/h4,6,8,10H,1-3,7,9H2,(H,23,24)(H2,18,19,20)/t10-/m1/s1. The van der Waals surface area contributed by atoms with Crippen LogP contribution in [-0.2, 0) is 4.79 Å². The van der Waals surface area contributed by atoms with Gasteiger partial charge < -0.3 is 20.3 Å². The number of pyridine rings is 1. The van der Waals surface area contributed by atoms with Crippen LogP contribution in [0.1, 0.15) is 29.6 Å². The molecule has 0 unspecified atom stereocenters. The largest absolute Gasteiger partial charge is 0.478 e. The summed E-state index contributed by atoms with van der Waals surface area (Å²) in [6.45, 7) is 1.08. The highest BCUT2D eigenvalue weighted by Gasteiger charge is 2.25. The second-order valence-electron chi connectivity index (χ2n) is 5.75. The SMILES string of the molecule is N#CCC(=O)N1CCC[C@@H](Nc2c(C(=O)O)cnc3[nH]ccc23)C1. The molecule has 0 radical (unpaired) electrons. The number of fused-ring (bicyclic) bond motifs is 1. The molecule has 3 N–H and O–H groups in total. The molecule has 8 heteroatoms. The zero-order valence-corrected chi connectivity index (χ0v) is 13.0. The van der Waals surface area contributed by atoms with Gasteiger partial charge in [0, 0.05) is 36.9 Å². The number of carboxylic acid groups (broad SMARTS) is 1. The number of likely N-dealkylation sites (tertiary alicyclic amines) is 1. The Morgan fingerprint density at radius 3 is 3.12 bits per heavy atom. The van der Waals surface area contributed by atoms with Gasteiger partial charge in [-0.05, 0) is 18.9 Å². The number of hydrogen-bond acceptors (Lipinski definition) is 5. The summed E-state index contributed by atoms with van der Waals surface area (Å²) in [6, 6.07) is 3.58. The maximum Gasteiger partial charge on any atom is 0.339 e. The molecule has 124 valence electrons. The highest BCUT2D eigenvalue weighted by atomic mass is 16.4. The first-order chi connectivity index (χ1) is 11.6. The highest BCUT2D eigenvalue weighted by molar-refractivity contribution is 6.03. The Labute approximate surface area is 138 Å². The third kappa shape index (κ3) is 3.01. The predicted octanol–water partition coefficient (Wildman–Crippen LogP) is 1.58. The van der Waals surface area contributed by atoms with Gasteiger partial charge in [0.2, 0.25) is 5.91 Å². The summed E-state index contributed by atoms with van der Waals surface area (Å²) in [4.78, 5) is 32.1. The van der Waals surface area contributed by atoms with Crippen molar-refractivity contribution in [3.8, 4) is 6.07 Å². The van der Waals surface area contributed by atoms with Crippen LogP contribution in [0.3, 0.4) is 0 Å². The summed E-state index contributed by atoms with van der Waals surface area (Å²) in [5, 5.41) is 22.1. The molecule has 0 aromatic carbocycles. The fraction of sp³-hybridized carbons (Fsp3) is 0.375. The van der Waals surface area contributed by atoms with Crippen LogP contribution in [0.15, 0.2) is 18.5 Å². The van der Waals surface area contributed by atoms with Crippen LogP contribution >= 0.6 is 0 Å². The maximum atomic E-state index is 11.9. The maximum absolute atomic E-state index is 11.9. The van der Waals surface area contributed by atoms with Crippen molar-refractivity contribution >= 4 is 28.6 Å². The van der Waals surface area contributed by atoms with Crippen LogP contribution in [0.4, 0.5) is 5.69 Å². The lowest BCUT2D eigenvalue weighted by atomic mass is 10.0. The minimum atomic E-state index is -1.05. The number of carbonyl (C=O) groups excluding carboxylic acids is 1. The summed E-state index contributed by atoms with van der Waals surface area (Å²) in [7, 11) is 0. The Morgan fingerprint density at radius 1 is 1.54 bits per heavy atom. The lowest BCUT2D eigenvalue weighted by molar-refractivity contribution is -0.131. The Balaban J connectivity index is 1.85. The van der Waals surface area contributed by atoms with Gasteiger partial charge in [0.15, 0.2) is 0 Å². The number of piperidine rings is 1. The molecule has 1 amide bonds. The summed E-state index contributed by atoms with van der Waals surface area (Å²) in [5.74, 6) is -1.25. The van der Waals surface area contributed by atoms with Crippen molar-refractivity contribution in [2.75, 3.05) is 18.4 Å². The number of carboxylic acids is 1. The van der Waals surface area contributed by atoms with E-state index in [9.17, 15) is 14.7 Å². The van der Waals surface area contributed by atoms with Crippen LogP contribution in [-0.4, -0.2) is 51.0 Å². The van der Waals surface area contributed by atoms with Gasteiger partial charge in [-0.15, -0.1) is 0 Å². The zero-order valence-electron chi connectivity index (χ0n) is 13.0. The summed E-state index contributed by atoms with van der Waals surface area (Å²) in [6.07, 6.45) is 4.52. The number of aromatic carboxylic acids is 1. The number of aromatic nitrogens is 2. The molecule has 8 nitrogen and oxygen atoms in total. The van der Waals surface area contributed by atoms with E-state index >= 15 is 0 Å². The Hall–Kier alpha value is -3.08. The van der Waals surface area contributed by atoms with Crippen LogP contribution in [0, 0.1) is 11.3 Å². The number of amides is 1. The molecule has 0 spiro atoms. The van der Waals surface area contributed by atoms with Crippen molar-refractivity contribution in [3.63, 3.8) is 0 Å². The molecule has 0 aliphatic carbocycles. The Bertz CT molecular complexity index is 823. The van der Waals surface area contributed by atoms with E-state index < -0.39 is 5.97 Å². The number of anilines is 1. The van der Waals surface area contributed by atoms with Crippen LogP contribution in [0.2, 0.25) is 0 Å². The monoisotopic (exact) mass is 327 g/mol. The number of aromatic amines is 1. The molecule has 24 heavy (non-hydrogen) atoms. The van der Waals surface area contributed by atoms with E-state index in [-0.39, 0.29) is 23.9 Å². The van der Waals surface area contributed by atoms with E-state index in [0.717, 1.165) is 12.8 Å². The number of hydrogen-bond donors (Lipinski definition) is 3. The van der Waals surface area contributed by atoms with E-state index in [1.54, 1.807) is 17.2 Å². The van der Waals surface area contributed by atoms with Gasteiger partial charge in [-0.1, -0.05) is 0 Å². The summed E-state index contributed by atoms with van der Waals surface area (Å²) in [5.41, 5.74) is 1.21. The minimum Gasteiger partial charge on any atom is -0.478 e. The van der Waals surface area contributed by atoms with Gasteiger partial charge >= 0.3 is 5.97 Å². The van der Waals surface area contributed by atoms with Crippen LogP contribution in [0.25, 0.3) is 11.0 Å². The van der Waals surface area contributed by atoms with E-state index in [0.29, 0.717) is 29.8 Å². The minimum absolute atomic E-state index is 0.0695. The molecule has 1 aliphatic rings. The number of H-pyrrole nitrogens is 1. The van der Waals surface area contributed by atoms with E-state index in [4.69, 9.17) is 5.26 Å². The third-order valence-electron chi connectivity index (χ3n) is 4.17. The molecule has 2 aromatic heterocycles. The zero-order chi connectivity index (χ0) is 17.1. The predicted molar refractivity (Wildman–Crippen MR) is 86.5 cm³/mol. The molecule has 1 fully saturated rings. The van der Waals surface area contributed by atoms with Gasteiger partial charge in [-0.2, -0.15) is 5.26 Å². The molecule has 1 aliphatic heterocycles. The van der Waals surface area contributed by atoms with E-state index in [2.05, 4.69) is 15.3 Å². The average molecular weight is 327 g/mol. The van der Waals surface area contributed by atoms with Crippen molar-refractivity contribution in [2.24, 2.45) is 0 Å². The van der Waals surface area contributed by atoms with E-state index in [1.165, 1.54) is 6.20 Å². The Kier molecular flexibility index (Phi) is 4.33. The van der Waals surface area contributed by atoms with Crippen molar-refractivity contribution in [3.05, 3.63) is 24.0 Å². The van der Waals surface area contributed by atoms with Crippen molar-refractivity contribution in [2.45, 2.75) is 25.3 Å². The topological polar surface area (TPSA) is 122 Å². The molecule has 2 aromatic rings. The van der Waals surface area contributed by atoms with Gasteiger partial charge in [0.05, 0.1) is 11.8 Å². The van der Waals surface area contributed by atoms with Gasteiger partial charge in [0.1, 0.15) is 17.6 Å². The molecular formula is C16H17N5O3.